The van der Waals surface area contributed by atoms with Gasteiger partial charge in [-0.05, 0) is 57.9 Å². The summed E-state index contributed by atoms with van der Waals surface area (Å²) < 4.78 is 7.85. The van der Waals surface area contributed by atoms with E-state index in [-0.39, 0.29) is 6.09 Å². The summed E-state index contributed by atoms with van der Waals surface area (Å²) in [6, 6.07) is 18.7. The molecule has 0 spiro atoms. The van der Waals surface area contributed by atoms with Crippen LogP contribution in [0.3, 0.4) is 0 Å². The standard InChI is InChI=1S/C32H40N8O2/c1-32(2,3)42-31(41)39-20-18-38(19-21-39)27-17-11-10-16-25(27)35-29-33-22-26-28(37-29)40(24-14-8-5-9-15-24)30(36-26)34-23-12-6-4-7-13-23/h4,6-7,10-13,16-17,22,24H,5,8-9,14-15,18-21H2,1-3H3,(H,34,36)(H,33,35,37). The number of nitrogens with one attached hydrogen (secondary N) is 2. The molecule has 2 aromatic heterocycles. The number of imidazole rings is 1. The fourth-order valence-corrected chi connectivity index (χ4v) is 5.81. The summed E-state index contributed by atoms with van der Waals surface area (Å²) in [6.45, 7) is 8.30. The molecule has 3 heterocycles. The number of hydrogen-bond acceptors (Lipinski definition) is 8. The number of anilines is 5. The first-order valence-electron chi connectivity index (χ1n) is 15.0. The fraction of sp³-hybridized carbons (Fsp3) is 0.438. The van der Waals surface area contributed by atoms with Crippen LogP contribution in [0, 0.1) is 0 Å². The Labute approximate surface area is 247 Å². The number of rotatable bonds is 6. The number of nitrogens with zero attached hydrogens (tertiary/aromatic N) is 6. The van der Waals surface area contributed by atoms with E-state index < -0.39 is 5.60 Å². The van der Waals surface area contributed by atoms with Gasteiger partial charge < -0.3 is 25.2 Å². The van der Waals surface area contributed by atoms with Crippen LogP contribution < -0.4 is 15.5 Å². The maximum atomic E-state index is 12.6. The molecule has 1 saturated carbocycles. The first-order chi connectivity index (χ1) is 20.3. The summed E-state index contributed by atoms with van der Waals surface area (Å²) in [5.74, 6) is 1.34. The Bertz CT molecular complexity index is 1520. The molecule has 0 unspecified atom stereocenters. The normalized spacial score (nSPS) is 16.5. The SMILES string of the molecule is CC(C)(C)OC(=O)N1CCN(c2ccccc2Nc2ncc3nc(Nc4ccccc4)n(C4CCCCC4)c3n2)CC1. The summed E-state index contributed by atoms with van der Waals surface area (Å²) in [4.78, 5) is 31.2. The van der Waals surface area contributed by atoms with Gasteiger partial charge in [0.25, 0.3) is 0 Å². The van der Waals surface area contributed by atoms with Crippen molar-refractivity contribution in [1.29, 1.82) is 0 Å². The van der Waals surface area contributed by atoms with Crippen molar-refractivity contribution in [3.05, 3.63) is 60.8 Å². The van der Waals surface area contributed by atoms with E-state index in [1.165, 1.54) is 19.3 Å². The number of ether oxygens (including phenoxy) is 1. The molecule has 2 N–H and O–H groups in total. The van der Waals surface area contributed by atoms with Crippen LogP contribution in [0.25, 0.3) is 11.2 Å². The van der Waals surface area contributed by atoms with Crippen molar-refractivity contribution < 1.29 is 9.53 Å². The summed E-state index contributed by atoms with van der Waals surface area (Å²) >= 11 is 0. The first-order valence-corrected chi connectivity index (χ1v) is 15.0. The van der Waals surface area contributed by atoms with Crippen molar-refractivity contribution >= 4 is 46.2 Å². The van der Waals surface area contributed by atoms with Gasteiger partial charge in [-0.15, -0.1) is 0 Å². The Kier molecular flexibility index (Phi) is 7.86. The van der Waals surface area contributed by atoms with Crippen molar-refractivity contribution in [3.8, 4) is 0 Å². The molecule has 2 fully saturated rings. The highest BCUT2D eigenvalue weighted by Gasteiger charge is 2.27. The van der Waals surface area contributed by atoms with Gasteiger partial charge in [0.1, 0.15) is 11.1 Å². The topological polar surface area (TPSA) is 100 Å². The van der Waals surface area contributed by atoms with Crippen LogP contribution in [0.5, 0.6) is 0 Å². The average molecular weight is 569 g/mol. The van der Waals surface area contributed by atoms with Crippen LogP contribution >= 0.6 is 0 Å². The highest BCUT2D eigenvalue weighted by Crippen LogP contribution is 2.35. The van der Waals surface area contributed by atoms with Gasteiger partial charge in [0.2, 0.25) is 11.9 Å². The van der Waals surface area contributed by atoms with Crippen molar-refractivity contribution in [2.24, 2.45) is 0 Å². The van der Waals surface area contributed by atoms with E-state index >= 15 is 0 Å². The Morgan fingerprint density at radius 1 is 0.881 bits per heavy atom. The third-order valence-electron chi connectivity index (χ3n) is 7.83. The Morgan fingerprint density at radius 2 is 1.60 bits per heavy atom. The van der Waals surface area contributed by atoms with Crippen LogP contribution in [0.15, 0.2) is 60.8 Å². The average Bonchev–Trinajstić information content (AvgIpc) is 3.34. The molecular formula is C32H40N8O2. The van der Waals surface area contributed by atoms with E-state index in [1.54, 1.807) is 4.90 Å². The summed E-state index contributed by atoms with van der Waals surface area (Å²) in [5.41, 5.74) is 4.08. The summed E-state index contributed by atoms with van der Waals surface area (Å²) in [7, 11) is 0. The van der Waals surface area contributed by atoms with E-state index in [2.05, 4.69) is 31.2 Å². The van der Waals surface area contributed by atoms with Gasteiger partial charge in [-0.1, -0.05) is 49.6 Å². The quantitative estimate of drug-likeness (QED) is 0.260. The lowest BCUT2D eigenvalue weighted by atomic mass is 9.95. The highest BCUT2D eigenvalue weighted by molar-refractivity contribution is 5.79. The number of piperazine rings is 1. The molecule has 1 saturated heterocycles. The molecule has 6 rings (SSSR count). The number of benzene rings is 2. The molecule has 2 aliphatic rings. The van der Waals surface area contributed by atoms with E-state index in [4.69, 9.17) is 14.7 Å². The van der Waals surface area contributed by atoms with E-state index in [0.717, 1.165) is 47.0 Å². The largest absolute Gasteiger partial charge is 0.444 e. The van der Waals surface area contributed by atoms with Gasteiger partial charge in [-0.25, -0.2) is 14.8 Å². The van der Waals surface area contributed by atoms with Gasteiger partial charge in [0.15, 0.2) is 5.65 Å². The minimum Gasteiger partial charge on any atom is -0.444 e. The van der Waals surface area contributed by atoms with Gasteiger partial charge >= 0.3 is 6.09 Å². The van der Waals surface area contributed by atoms with Crippen LogP contribution in [-0.2, 0) is 4.74 Å². The Balaban J connectivity index is 1.24. The lowest BCUT2D eigenvalue weighted by Gasteiger charge is -2.37. The maximum Gasteiger partial charge on any atom is 0.410 e. The number of carbonyl (C=O) groups is 1. The highest BCUT2D eigenvalue weighted by atomic mass is 16.6. The van der Waals surface area contributed by atoms with Crippen LogP contribution in [0.4, 0.5) is 33.8 Å². The van der Waals surface area contributed by atoms with Crippen molar-refractivity contribution in [2.45, 2.75) is 64.5 Å². The molecule has 10 heteroatoms. The molecule has 1 aliphatic carbocycles. The zero-order valence-electron chi connectivity index (χ0n) is 24.7. The maximum absolute atomic E-state index is 12.6. The number of hydrogen-bond donors (Lipinski definition) is 2. The minimum atomic E-state index is -0.503. The molecule has 10 nitrogen and oxygen atoms in total. The van der Waals surface area contributed by atoms with E-state index in [9.17, 15) is 4.79 Å². The van der Waals surface area contributed by atoms with Gasteiger partial charge in [0.05, 0.1) is 17.6 Å². The number of amides is 1. The predicted octanol–water partition coefficient (Wildman–Crippen LogP) is 6.88. The Morgan fingerprint density at radius 3 is 2.33 bits per heavy atom. The minimum absolute atomic E-state index is 0.258. The molecule has 1 aliphatic heterocycles. The number of para-hydroxylation sites is 3. The van der Waals surface area contributed by atoms with Crippen LogP contribution in [-0.4, -0.2) is 62.3 Å². The molecule has 220 valence electrons. The number of fused-ring (bicyclic) bond motifs is 1. The monoisotopic (exact) mass is 568 g/mol. The molecule has 4 aromatic rings. The lowest BCUT2D eigenvalue weighted by molar-refractivity contribution is 0.0240. The van der Waals surface area contributed by atoms with E-state index in [1.807, 2.05) is 75.5 Å². The molecule has 0 bridgehead atoms. The lowest BCUT2D eigenvalue weighted by Crippen LogP contribution is -2.50. The molecule has 2 aromatic carbocycles. The van der Waals surface area contributed by atoms with Gasteiger partial charge in [0, 0.05) is 37.9 Å². The molecular weight excluding hydrogens is 528 g/mol. The van der Waals surface area contributed by atoms with Gasteiger partial charge in [-0.2, -0.15) is 4.98 Å². The first kappa shape index (κ1) is 27.8. The molecule has 42 heavy (non-hydrogen) atoms. The third-order valence-corrected chi connectivity index (χ3v) is 7.83. The van der Waals surface area contributed by atoms with Crippen molar-refractivity contribution in [2.75, 3.05) is 41.7 Å². The molecule has 1 amide bonds. The second-order valence-corrected chi connectivity index (χ2v) is 12.1. The van der Waals surface area contributed by atoms with Gasteiger partial charge in [-0.3, -0.25) is 4.57 Å². The van der Waals surface area contributed by atoms with Crippen molar-refractivity contribution in [1.82, 2.24) is 24.4 Å². The zero-order chi connectivity index (χ0) is 29.1. The fourth-order valence-electron chi connectivity index (χ4n) is 5.81. The predicted molar refractivity (Wildman–Crippen MR) is 167 cm³/mol. The molecule has 0 atom stereocenters. The zero-order valence-corrected chi connectivity index (χ0v) is 24.7. The summed E-state index contributed by atoms with van der Waals surface area (Å²) in [6.07, 6.45) is 7.46. The number of carbonyl (C=O) groups excluding carboxylic acids is 1. The summed E-state index contributed by atoms with van der Waals surface area (Å²) in [5, 5.41) is 7.01. The smallest absolute Gasteiger partial charge is 0.410 e. The second kappa shape index (κ2) is 11.9. The second-order valence-electron chi connectivity index (χ2n) is 12.1. The van der Waals surface area contributed by atoms with E-state index in [0.29, 0.717) is 38.2 Å². The van der Waals surface area contributed by atoms with Crippen molar-refractivity contribution in [3.63, 3.8) is 0 Å². The Hall–Kier alpha value is -4.34. The number of aromatic nitrogens is 4. The molecule has 0 radical (unpaired) electrons. The third kappa shape index (κ3) is 6.27. The van der Waals surface area contributed by atoms with Crippen LogP contribution in [0.1, 0.15) is 58.9 Å². The van der Waals surface area contributed by atoms with Crippen LogP contribution in [0.2, 0.25) is 0 Å².